The quantitative estimate of drug-likeness (QED) is 0.427. The number of nitrogens with zero attached hydrogens (tertiary/aromatic N) is 1. The molecule has 0 spiro atoms. The molecule has 0 fully saturated rings. The Kier molecular flexibility index (Phi) is 6.67. The van der Waals surface area contributed by atoms with Crippen LogP contribution in [0.15, 0.2) is 72.3 Å². The van der Waals surface area contributed by atoms with E-state index in [-0.39, 0.29) is 5.57 Å². The number of hydrogen-bond donors (Lipinski definition) is 1. The number of hydrogen-bond acceptors (Lipinski definition) is 3. The average molecular weight is 396 g/mol. The normalized spacial score (nSPS) is 10.9. The predicted molar refractivity (Wildman–Crippen MR) is 120 cm³/mol. The molecule has 0 aliphatic heterocycles. The van der Waals surface area contributed by atoms with E-state index in [9.17, 15) is 10.1 Å². The lowest BCUT2D eigenvalue weighted by Crippen LogP contribution is -2.13. The van der Waals surface area contributed by atoms with Crippen LogP contribution in [-0.2, 0) is 11.4 Å². The van der Waals surface area contributed by atoms with Gasteiger partial charge < -0.3 is 10.1 Å². The molecule has 3 rings (SSSR count). The Labute approximate surface area is 177 Å². The summed E-state index contributed by atoms with van der Waals surface area (Å²) in [7, 11) is 0. The van der Waals surface area contributed by atoms with Gasteiger partial charge in [-0.3, -0.25) is 4.79 Å². The van der Waals surface area contributed by atoms with Crippen molar-refractivity contribution >= 4 is 17.7 Å². The number of para-hydroxylation sites is 1. The van der Waals surface area contributed by atoms with Crippen LogP contribution in [0, 0.1) is 32.1 Å². The minimum atomic E-state index is -0.450. The second-order valence-electron chi connectivity index (χ2n) is 7.24. The number of rotatable bonds is 6. The summed E-state index contributed by atoms with van der Waals surface area (Å²) in [4.78, 5) is 12.6. The molecule has 30 heavy (non-hydrogen) atoms. The van der Waals surface area contributed by atoms with Gasteiger partial charge in [0.1, 0.15) is 24.0 Å². The fraction of sp³-hybridized carbons (Fsp3) is 0.154. The first kappa shape index (κ1) is 20.9. The third-order valence-electron chi connectivity index (χ3n) is 4.86. The molecule has 0 saturated carbocycles. The van der Waals surface area contributed by atoms with E-state index in [2.05, 4.69) is 5.32 Å². The highest BCUT2D eigenvalue weighted by atomic mass is 16.5. The van der Waals surface area contributed by atoms with E-state index < -0.39 is 5.91 Å². The average Bonchev–Trinajstić information content (AvgIpc) is 2.75. The molecule has 0 unspecified atom stereocenters. The van der Waals surface area contributed by atoms with Crippen molar-refractivity contribution < 1.29 is 9.53 Å². The summed E-state index contributed by atoms with van der Waals surface area (Å²) in [5.41, 5.74) is 5.81. The lowest BCUT2D eigenvalue weighted by Gasteiger charge is -2.10. The Morgan fingerprint density at radius 1 is 1.00 bits per heavy atom. The van der Waals surface area contributed by atoms with Gasteiger partial charge in [0.05, 0.1) is 0 Å². The molecule has 150 valence electrons. The molecule has 0 aromatic heterocycles. The first-order valence-corrected chi connectivity index (χ1v) is 9.74. The highest BCUT2D eigenvalue weighted by Gasteiger charge is 2.12. The van der Waals surface area contributed by atoms with Crippen LogP contribution >= 0.6 is 0 Å². The van der Waals surface area contributed by atoms with Crippen LogP contribution in [0.25, 0.3) is 6.08 Å². The van der Waals surface area contributed by atoms with Gasteiger partial charge in [-0.2, -0.15) is 5.26 Å². The smallest absolute Gasteiger partial charge is 0.266 e. The molecule has 0 heterocycles. The van der Waals surface area contributed by atoms with Crippen LogP contribution in [0.3, 0.4) is 0 Å². The van der Waals surface area contributed by atoms with Crippen LogP contribution in [0.2, 0.25) is 0 Å². The Morgan fingerprint density at radius 3 is 2.43 bits per heavy atom. The zero-order chi connectivity index (χ0) is 21.5. The summed E-state index contributed by atoms with van der Waals surface area (Å²) in [5, 5.41) is 12.3. The summed E-state index contributed by atoms with van der Waals surface area (Å²) in [6.07, 6.45) is 1.56. The van der Waals surface area contributed by atoms with Gasteiger partial charge in [0.25, 0.3) is 5.91 Å². The lowest BCUT2D eigenvalue weighted by molar-refractivity contribution is -0.112. The molecular formula is C26H24N2O2. The molecule has 0 radical (unpaired) electrons. The standard InChI is InChI=1S/C26H24N2O2/c1-18-8-11-21(12-9-18)17-30-25-7-5-4-6-22(25)15-23(16-27)26(29)28-24-13-10-19(2)20(3)14-24/h4-15H,17H2,1-3H3,(H,28,29)/b23-15+. The summed E-state index contributed by atoms with van der Waals surface area (Å²) in [6.45, 7) is 6.43. The number of anilines is 1. The minimum absolute atomic E-state index is 0.0135. The number of aryl methyl sites for hydroxylation is 3. The van der Waals surface area contributed by atoms with Crippen LogP contribution in [0.4, 0.5) is 5.69 Å². The molecular weight excluding hydrogens is 372 g/mol. The van der Waals surface area contributed by atoms with Crippen molar-refractivity contribution in [1.29, 1.82) is 5.26 Å². The van der Waals surface area contributed by atoms with Crippen molar-refractivity contribution in [3.05, 3.63) is 100 Å². The zero-order valence-corrected chi connectivity index (χ0v) is 17.4. The maximum absolute atomic E-state index is 12.6. The third kappa shape index (κ3) is 5.36. The number of carbonyl (C=O) groups is 1. The van der Waals surface area contributed by atoms with Gasteiger partial charge >= 0.3 is 0 Å². The first-order valence-electron chi connectivity index (χ1n) is 9.74. The molecule has 4 nitrogen and oxygen atoms in total. The van der Waals surface area contributed by atoms with Crippen molar-refractivity contribution in [2.45, 2.75) is 27.4 Å². The fourth-order valence-corrected chi connectivity index (χ4v) is 2.90. The van der Waals surface area contributed by atoms with Crippen molar-refractivity contribution in [1.82, 2.24) is 0 Å². The van der Waals surface area contributed by atoms with Gasteiger partial charge in [-0.05, 0) is 61.7 Å². The number of ether oxygens (including phenoxy) is 1. The minimum Gasteiger partial charge on any atom is -0.488 e. The number of nitriles is 1. The molecule has 0 bridgehead atoms. The van der Waals surface area contributed by atoms with Gasteiger partial charge in [0, 0.05) is 11.3 Å². The van der Waals surface area contributed by atoms with E-state index in [1.807, 2.05) is 93.6 Å². The predicted octanol–water partition coefficient (Wildman–Crippen LogP) is 5.74. The maximum Gasteiger partial charge on any atom is 0.266 e. The molecule has 3 aromatic rings. The Morgan fingerprint density at radius 2 is 1.73 bits per heavy atom. The first-order chi connectivity index (χ1) is 14.5. The number of nitrogens with one attached hydrogen (secondary N) is 1. The zero-order valence-electron chi connectivity index (χ0n) is 17.4. The molecule has 0 aliphatic carbocycles. The third-order valence-corrected chi connectivity index (χ3v) is 4.86. The molecule has 3 aromatic carbocycles. The van der Waals surface area contributed by atoms with Crippen LogP contribution in [0.5, 0.6) is 5.75 Å². The van der Waals surface area contributed by atoms with Gasteiger partial charge in [0.2, 0.25) is 0 Å². The van der Waals surface area contributed by atoms with Gasteiger partial charge in [-0.15, -0.1) is 0 Å². The highest BCUT2D eigenvalue weighted by Crippen LogP contribution is 2.23. The van der Waals surface area contributed by atoms with Crippen molar-refractivity contribution in [2.75, 3.05) is 5.32 Å². The molecule has 1 amide bonds. The van der Waals surface area contributed by atoms with E-state index in [0.717, 1.165) is 16.7 Å². The second kappa shape index (κ2) is 9.58. The Hall–Kier alpha value is -3.84. The maximum atomic E-state index is 12.6. The van der Waals surface area contributed by atoms with E-state index in [1.165, 1.54) is 5.56 Å². The molecule has 0 atom stereocenters. The van der Waals surface area contributed by atoms with Crippen LogP contribution < -0.4 is 10.1 Å². The Bertz CT molecular complexity index is 1120. The van der Waals surface area contributed by atoms with Crippen molar-refractivity contribution in [3.63, 3.8) is 0 Å². The van der Waals surface area contributed by atoms with Crippen molar-refractivity contribution in [3.8, 4) is 11.8 Å². The second-order valence-corrected chi connectivity index (χ2v) is 7.24. The van der Waals surface area contributed by atoms with E-state index in [1.54, 1.807) is 6.08 Å². The summed E-state index contributed by atoms with van der Waals surface area (Å²) in [5.74, 6) is 0.166. The van der Waals surface area contributed by atoms with E-state index in [4.69, 9.17) is 4.74 Å². The monoisotopic (exact) mass is 396 g/mol. The van der Waals surface area contributed by atoms with E-state index >= 15 is 0 Å². The van der Waals surface area contributed by atoms with Crippen molar-refractivity contribution in [2.24, 2.45) is 0 Å². The SMILES string of the molecule is Cc1ccc(COc2ccccc2/C=C(\C#N)C(=O)Nc2ccc(C)c(C)c2)cc1. The fourth-order valence-electron chi connectivity index (χ4n) is 2.90. The number of benzene rings is 3. The van der Waals surface area contributed by atoms with Gasteiger partial charge in [-0.25, -0.2) is 0 Å². The summed E-state index contributed by atoms with van der Waals surface area (Å²) in [6, 6.07) is 23.1. The van der Waals surface area contributed by atoms with Crippen LogP contribution in [0.1, 0.15) is 27.8 Å². The molecule has 4 heteroatoms. The largest absolute Gasteiger partial charge is 0.488 e. The number of amides is 1. The summed E-state index contributed by atoms with van der Waals surface area (Å²) >= 11 is 0. The van der Waals surface area contributed by atoms with Gasteiger partial charge in [0.15, 0.2) is 0 Å². The highest BCUT2D eigenvalue weighted by molar-refractivity contribution is 6.09. The molecule has 1 N–H and O–H groups in total. The molecule has 0 aliphatic rings. The lowest BCUT2D eigenvalue weighted by atomic mass is 10.1. The summed E-state index contributed by atoms with van der Waals surface area (Å²) < 4.78 is 5.95. The topological polar surface area (TPSA) is 62.1 Å². The van der Waals surface area contributed by atoms with Gasteiger partial charge in [-0.1, -0.05) is 54.1 Å². The number of carbonyl (C=O) groups excluding carboxylic acids is 1. The van der Waals surface area contributed by atoms with E-state index in [0.29, 0.717) is 23.6 Å². The Balaban J connectivity index is 1.78. The molecule has 0 saturated heterocycles. The van der Waals surface area contributed by atoms with Crippen LogP contribution in [-0.4, -0.2) is 5.91 Å².